The summed E-state index contributed by atoms with van der Waals surface area (Å²) in [5.41, 5.74) is 16.0. The molecule has 2 nitrogen and oxygen atoms in total. The summed E-state index contributed by atoms with van der Waals surface area (Å²) in [6.45, 7) is 21.6. The van der Waals surface area contributed by atoms with Crippen LogP contribution in [-0.2, 0) is 16.2 Å². The fourth-order valence-corrected chi connectivity index (χ4v) is 11.0. The maximum atomic E-state index is 2.84. The van der Waals surface area contributed by atoms with Crippen molar-refractivity contribution >= 4 is 72.3 Å². The Morgan fingerprint density at radius 3 is 2.15 bits per heavy atom. The van der Waals surface area contributed by atoms with Crippen LogP contribution in [0, 0.1) is 6.92 Å². The zero-order valence-corrected chi connectivity index (χ0v) is 30.5. The molecular formula is C43H47BN2S. The van der Waals surface area contributed by atoms with E-state index in [1.165, 1.54) is 96.6 Å². The van der Waals surface area contributed by atoms with Gasteiger partial charge in [-0.15, -0.1) is 11.3 Å². The molecule has 5 aromatic rings. The predicted octanol–water partition coefficient (Wildman–Crippen LogP) is 10.2. The second-order valence-corrected chi connectivity index (χ2v) is 18.5. The molecule has 238 valence electrons. The fraction of sp³-hybridized carbons (Fsp3) is 0.395. The van der Waals surface area contributed by atoms with Gasteiger partial charge in [0, 0.05) is 43.0 Å². The third-order valence-corrected chi connectivity index (χ3v) is 13.8. The molecule has 3 aliphatic heterocycles. The molecule has 1 aliphatic carbocycles. The van der Waals surface area contributed by atoms with Crippen LogP contribution in [0.25, 0.3) is 10.1 Å². The first-order chi connectivity index (χ1) is 22.2. The summed E-state index contributed by atoms with van der Waals surface area (Å²) in [5, 5.41) is 1.38. The van der Waals surface area contributed by atoms with Crippen LogP contribution in [0.2, 0.25) is 0 Å². The molecule has 1 saturated carbocycles. The van der Waals surface area contributed by atoms with Gasteiger partial charge in [0.05, 0.1) is 11.2 Å². The number of benzene rings is 4. The predicted molar refractivity (Wildman–Crippen MR) is 206 cm³/mol. The number of nitrogens with zero attached hydrogens (tertiary/aromatic N) is 2. The Morgan fingerprint density at radius 1 is 0.745 bits per heavy atom. The normalized spacial score (nSPS) is 22.7. The second-order valence-electron chi connectivity index (χ2n) is 17.4. The van der Waals surface area contributed by atoms with Crippen LogP contribution < -0.4 is 25.5 Å². The molecule has 9 rings (SSSR count). The van der Waals surface area contributed by atoms with Crippen LogP contribution >= 0.6 is 11.3 Å². The molecule has 4 aliphatic rings. The molecule has 0 amide bonds. The summed E-state index contributed by atoms with van der Waals surface area (Å²) in [6.07, 6.45) is 5.10. The standard InChI is InChI=1S/C43H47BN2S/c1-26-23-33-36-34(24-26)46-38-31(42(8)21-10-11-22-43(42,46)9)13-12-14-32(38)44(36)39-37(30-25-28(41(5,6)7)17-20-35(30)47-39)45(33)29-18-15-27(16-19-29)40(2,3)4/h12-20,23-25H,10-11,21-22H2,1-9H3. The number of thiophene rings is 1. The molecule has 0 bridgehead atoms. The Balaban J connectivity index is 1.40. The van der Waals surface area contributed by atoms with E-state index in [2.05, 4.69) is 145 Å². The van der Waals surface area contributed by atoms with Crippen molar-refractivity contribution in [3.8, 4) is 0 Å². The van der Waals surface area contributed by atoms with Gasteiger partial charge in [-0.2, -0.15) is 0 Å². The lowest BCUT2D eigenvalue weighted by Gasteiger charge is -2.52. The number of para-hydroxylation sites is 1. The molecule has 2 unspecified atom stereocenters. The van der Waals surface area contributed by atoms with E-state index in [0.717, 1.165) is 0 Å². The third kappa shape index (κ3) is 3.80. The van der Waals surface area contributed by atoms with Gasteiger partial charge in [-0.05, 0) is 107 Å². The number of hydrogen-bond donors (Lipinski definition) is 0. The lowest BCUT2D eigenvalue weighted by molar-refractivity contribution is 0.195. The number of aryl methyl sites for hydroxylation is 1. The van der Waals surface area contributed by atoms with Crippen molar-refractivity contribution in [2.75, 3.05) is 9.80 Å². The van der Waals surface area contributed by atoms with Gasteiger partial charge in [0.25, 0.3) is 6.71 Å². The van der Waals surface area contributed by atoms with Gasteiger partial charge in [-0.1, -0.05) is 97.7 Å². The summed E-state index contributed by atoms with van der Waals surface area (Å²) in [6, 6.07) is 29.1. The van der Waals surface area contributed by atoms with Crippen LogP contribution in [-0.4, -0.2) is 12.3 Å². The Hall–Kier alpha value is -3.50. The average molecular weight is 635 g/mol. The van der Waals surface area contributed by atoms with E-state index in [9.17, 15) is 0 Å². The maximum absolute atomic E-state index is 2.84. The molecular weight excluding hydrogens is 587 g/mol. The molecule has 4 aromatic carbocycles. The molecule has 4 heteroatoms. The zero-order chi connectivity index (χ0) is 32.8. The second kappa shape index (κ2) is 9.35. The van der Waals surface area contributed by atoms with Crippen LogP contribution in [0.3, 0.4) is 0 Å². The van der Waals surface area contributed by atoms with Crippen molar-refractivity contribution in [3.63, 3.8) is 0 Å². The third-order valence-electron chi connectivity index (χ3n) is 12.6. The van der Waals surface area contributed by atoms with Crippen molar-refractivity contribution in [2.45, 2.75) is 110 Å². The van der Waals surface area contributed by atoms with Crippen molar-refractivity contribution in [2.24, 2.45) is 0 Å². The molecule has 0 N–H and O–H groups in total. The molecule has 2 atom stereocenters. The van der Waals surface area contributed by atoms with E-state index >= 15 is 0 Å². The molecule has 0 spiro atoms. The highest BCUT2D eigenvalue weighted by Crippen LogP contribution is 2.62. The van der Waals surface area contributed by atoms with Gasteiger partial charge in [0.15, 0.2) is 0 Å². The Bertz CT molecular complexity index is 2130. The molecule has 1 fully saturated rings. The van der Waals surface area contributed by atoms with E-state index in [0.29, 0.717) is 0 Å². The van der Waals surface area contributed by atoms with Gasteiger partial charge in [0.2, 0.25) is 0 Å². The van der Waals surface area contributed by atoms with Gasteiger partial charge >= 0.3 is 0 Å². The zero-order valence-electron chi connectivity index (χ0n) is 29.6. The van der Waals surface area contributed by atoms with Crippen molar-refractivity contribution in [1.29, 1.82) is 0 Å². The van der Waals surface area contributed by atoms with Crippen LogP contribution in [0.1, 0.15) is 103 Å². The van der Waals surface area contributed by atoms with Crippen LogP contribution in [0.4, 0.5) is 28.4 Å². The summed E-state index contributed by atoms with van der Waals surface area (Å²) in [4.78, 5) is 5.48. The van der Waals surface area contributed by atoms with E-state index < -0.39 is 0 Å². The van der Waals surface area contributed by atoms with E-state index in [4.69, 9.17) is 0 Å². The van der Waals surface area contributed by atoms with Gasteiger partial charge in [-0.3, -0.25) is 0 Å². The van der Waals surface area contributed by atoms with Crippen LogP contribution in [0.15, 0.2) is 72.8 Å². The first-order valence-electron chi connectivity index (χ1n) is 17.8. The smallest absolute Gasteiger partial charge is 0.264 e. The molecule has 47 heavy (non-hydrogen) atoms. The molecule has 1 aromatic heterocycles. The molecule has 4 heterocycles. The van der Waals surface area contributed by atoms with Gasteiger partial charge in [0.1, 0.15) is 0 Å². The largest absolute Gasteiger partial charge is 0.335 e. The highest BCUT2D eigenvalue weighted by Gasteiger charge is 2.61. The van der Waals surface area contributed by atoms with E-state index in [1.54, 1.807) is 5.56 Å². The SMILES string of the molecule is Cc1cc2c3c(c1)N1c4c(cccc4C4(C)CCCCC14C)B3c1sc3ccc(C(C)(C)C)cc3c1N2c1ccc(C(C)(C)C)cc1. The maximum Gasteiger partial charge on any atom is 0.264 e. The van der Waals surface area contributed by atoms with Crippen molar-refractivity contribution in [3.05, 3.63) is 95.1 Å². The lowest BCUT2D eigenvalue weighted by Crippen LogP contribution is -2.64. The number of anilines is 5. The molecule has 0 radical (unpaired) electrons. The van der Waals surface area contributed by atoms with E-state index in [-0.39, 0.29) is 28.5 Å². The minimum Gasteiger partial charge on any atom is -0.335 e. The minimum absolute atomic E-state index is 0.0530. The fourth-order valence-electron chi connectivity index (χ4n) is 9.75. The summed E-state index contributed by atoms with van der Waals surface area (Å²) in [7, 11) is 0. The van der Waals surface area contributed by atoms with Gasteiger partial charge in [-0.25, -0.2) is 0 Å². The monoisotopic (exact) mass is 634 g/mol. The number of fused-ring (bicyclic) bond motifs is 9. The Kier molecular flexibility index (Phi) is 5.89. The highest BCUT2D eigenvalue weighted by atomic mass is 32.1. The summed E-state index contributed by atoms with van der Waals surface area (Å²) >= 11 is 2.02. The highest BCUT2D eigenvalue weighted by molar-refractivity contribution is 7.33. The minimum atomic E-state index is 0.0530. The van der Waals surface area contributed by atoms with Crippen molar-refractivity contribution < 1.29 is 0 Å². The van der Waals surface area contributed by atoms with E-state index in [1.807, 2.05) is 11.3 Å². The van der Waals surface area contributed by atoms with Crippen molar-refractivity contribution in [1.82, 2.24) is 0 Å². The summed E-state index contributed by atoms with van der Waals surface area (Å²) in [5.74, 6) is 0. The number of rotatable bonds is 1. The van der Waals surface area contributed by atoms with Gasteiger partial charge < -0.3 is 9.80 Å². The Labute approximate surface area is 285 Å². The quantitative estimate of drug-likeness (QED) is 0.166. The first kappa shape index (κ1) is 29.6. The average Bonchev–Trinajstić information content (AvgIpc) is 3.49. The summed E-state index contributed by atoms with van der Waals surface area (Å²) < 4.78 is 2.87. The topological polar surface area (TPSA) is 6.48 Å². The molecule has 0 saturated heterocycles. The lowest BCUT2D eigenvalue weighted by atomic mass is 9.36. The van der Waals surface area contributed by atoms with Crippen LogP contribution in [0.5, 0.6) is 0 Å². The first-order valence-corrected chi connectivity index (χ1v) is 18.6. The number of hydrogen-bond acceptors (Lipinski definition) is 3. The Morgan fingerprint density at radius 2 is 1.43 bits per heavy atom.